The van der Waals surface area contributed by atoms with E-state index in [1.807, 2.05) is 4.90 Å². The molecule has 1 unspecified atom stereocenters. The van der Waals surface area contributed by atoms with Gasteiger partial charge in [0.1, 0.15) is 11.2 Å². The molecule has 9 heteroatoms. The van der Waals surface area contributed by atoms with E-state index in [0.717, 1.165) is 5.69 Å². The van der Waals surface area contributed by atoms with Gasteiger partial charge in [-0.05, 0) is 37.6 Å². The second kappa shape index (κ2) is 8.82. The number of carbonyl (C=O) groups excluding carboxylic acids is 1. The molecular weight excluding hydrogens is 369 g/mol. The Morgan fingerprint density at radius 2 is 1.84 bits per heavy atom. The van der Waals surface area contributed by atoms with Crippen molar-refractivity contribution in [2.45, 2.75) is 18.7 Å². The third kappa shape index (κ3) is 5.83. The second-order valence-corrected chi connectivity index (χ2v) is 8.68. The van der Waals surface area contributed by atoms with Crippen LogP contribution >= 0.6 is 11.6 Å². The Labute approximate surface area is 153 Å². The van der Waals surface area contributed by atoms with Crippen molar-refractivity contribution in [3.8, 4) is 0 Å². The Balaban J connectivity index is 1.78. The summed E-state index contributed by atoms with van der Waals surface area (Å²) in [5, 5.41) is 1.97. The first-order valence-corrected chi connectivity index (χ1v) is 10.2. The number of amides is 1. The predicted molar refractivity (Wildman–Crippen MR) is 96.9 cm³/mol. The average Bonchev–Trinajstić information content (AvgIpc) is 2.59. The van der Waals surface area contributed by atoms with Crippen molar-refractivity contribution >= 4 is 33.2 Å². The Hall–Kier alpha value is -1.38. The van der Waals surface area contributed by atoms with Crippen LogP contribution in [0, 0.1) is 5.82 Å². The smallest absolute Gasteiger partial charge is 0.237 e. The number of nitrogens with zero attached hydrogens (tertiary/aromatic N) is 2. The van der Waals surface area contributed by atoms with Crippen molar-refractivity contribution in [3.05, 3.63) is 30.1 Å². The summed E-state index contributed by atoms with van der Waals surface area (Å²) < 4.78 is 39.2. The van der Waals surface area contributed by atoms with Gasteiger partial charge in [-0.15, -0.1) is 11.6 Å². The Bertz CT molecular complexity index is 674. The van der Waals surface area contributed by atoms with E-state index in [-0.39, 0.29) is 24.0 Å². The Kier molecular flexibility index (Phi) is 7.04. The van der Waals surface area contributed by atoms with Crippen LogP contribution in [0.1, 0.15) is 13.3 Å². The van der Waals surface area contributed by atoms with Crippen molar-refractivity contribution in [2.75, 3.05) is 43.4 Å². The van der Waals surface area contributed by atoms with Crippen molar-refractivity contribution < 1.29 is 17.6 Å². The van der Waals surface area contributed by atoms with E-state index >= 15 is 0 Å². The highest BCUT2D eigenvalue weighted by atomic mass is 35.5. The van der Waals surface area contributed by atoms with Crippen LogP contribution in [-0.2, 0) is 14.8 Å². The molecule has 0 aromatic heterocycles. The summed E-state index contributed by atoms with van der Waals surface area (Å²) in [5.74, 6) is -0.604. The molecule has 0 bridgehead atoms. The molecule has 6 nitrogen and oxygen atoms in total. The molecule has 0 radical (unpaired) electrons. The van der Waals surface area contributed by atoms with E-state index in [0.29, 0.717) is 32.6 Å². The highest BCUT2D eigenvalue weighted by Gasteiger charge is 2.26. The lowest BCUT2D eigenvalue weighted by atomic mass is 10.2. The minimum atomic E-state index is -3.35. The molecule has 1 heterocycles. The van der Waals surface area contributed by atoms with E-state index in [1.165, 1.54) is 16.4 Å². The summed E-state index contributed by atoms with van der Waals surface area (Å²) in [6.07, 6.45) is 0.343. The van der Waals surface area contributed by atoms with Gasteiger partial charge >= 0.3 is 0 Å². The number of halogens is 2. The van der Waals surface area contributed by atoms with Gasteiger partial charge in [-0.2, -0.15) is 4.31 Å². The SMILES string of the molecule is CC(Cl)C(=O)NCCCS(=O)(=O)N1CCN(c2ccc(F)cc2)CC1. The van der Waals surface area contributed by atoms with Crippen LogP contribution in [0.4, 0.5) is 10.1 Å². The van der Waals surface area contributed by atoms with Crippen LogP contribution in [0.15, 0.2) is 24.3 Å². The molecule has 1 aliphatic heterocycles. The van der Waals surface area contributed by atoms with Crippen molar-refractivity contribution in [1.29, 1.82) is 0 Å². The number of piperazine rings is 1. The van der Waals surface area contributed by atoms with E-state index < -0.39 is 15.4 Å². The number of nitrogens with one attached hydrogen (secondary N) is 1. The lowest BCUT2D eigenvalue weighted by molar-refractivity contribution is -0.120. The van der Waals surface area contributed by atoms with Gasteiger partial charge in [-0.3, -0.25) is 4.79 Å². The van der Waals surface area contributed by atoms with Crippen molar-refractivity contribution in [1.82, 2.24) is 9.62 Å². The molecule has 1 fully saturated rings. The molecule has 0 saturated carbocycles. The number of rotatable bonds is 7. The normalized spacial score (nSPS) is 17.3. The van der Waals surface area contributed by atoms with E-state index in [2.05, 4.69) is 5.32 Å². The number of alkyl halides is 1. The summed E-state index contributed by atoms with van der Waals surface area (Å²) >= 11 is 5.63. The summed E-state index contributed by atoms with van der Waals surface area (Å²) in [6.45, 7) is 3.76. The topological polar surface area (TPSA) is 69.7 Å². The van der Waals surface area contributed by atoms with Gasteiger partial charge < -0.3 is 10.2 Å². The monoisotopic (exact) mass is 391 g/mol. The number of hydrogen-bond acceptors (Lipinski definition) is 4. The van der Waals surface area contributed by atoms with Crippen LogP contribution in [0.25, 0.3) is 0 Å². The minimum Gasteiger partial charge on any atom is -0.369 e. The highest BCUT2D eigenvalue weighted by Crippen LogP contribution is 2.18. The van der Waals surface area contributed by atoms with Crippen LogP contribution in [0.2, 0.25) is 0 Å². The molecule has 1 aliphatic rings. The molecule has 0 aliphatic carbocycles. The Morgan fingerprint density at radius 1 is 1.24 bits per heavy atom. The van der Waals surface area contributed by atoms with Crippen LogP contribution < -0.4 is 10.2 Å². The minimum absolute atomic E-state index is 0.0134. The fourth-order valence-electron chi connectivity index (χ4n) is 2.61. The Morgan fingerprint density at radius 3 is 2.40 bits per heavy atom. The van der Waals surface area contributed by atoms with Gasteiger partial charge in [0.05, 0.1) is 5.75 Å². The molecule has 1 saturated heterocycles. The fourth-order valence-corrected chi connectivity index (χ4v) is 4.18. The van der Waals surface area contributed by atoms with Gasteiger partial charge in [-0.1, -0.05) is 0 Å². The zero-order valence-electron chi connectivity index (χ0n) is 14.1. The van der Waals surface area contributed by atoms with Gasteiger partial charge in [0, 0.05) is 38.4 Å². The maximum absolute atomic E-state index is 13.0. The molecule has 1 aromatic rings. The third-order valence-corrected chi connectivity index (χ3v) is 6.22. The lowest BCUT2D eigenvalue weighted by Gasteiger charge is -2.35. The average molecular weight is 392 g/mol. The van der Waals surface area contributed by atoms with Crippen LogP contribution in [0.5, 0.6) is 0 Å². The van der Waals surface area contributed by atoms with E-state index in [1.54, 1.807) is 19.1 Å². The molecule has 1 aromatic carbocycles. The van der Waals surface area contributed by atoms with Crippen molar-refractivity contribution in [2.24, 2.45) is 0 Å². The first-order chi connectivity index (χ1) is 11.8. The number of benzene rings is 1. The molecule has 140 valence electrons. The van der Waals surface area contributed by atoms with Crippen LogP contribution in [0.3, 0.4) is 0 Å². The summed E-state index contributed by atoms with van der Waals surface area (Å²) in [5.41, 5.74) is 0.886. The van der Waals surface area contributed by atoms with Gasteiger partial charge in [0.15, 0.2) is 0 Å². The number of hydrogen-bond donors (Lipinski definition) is 1. The lowest BCUT2D eigenvalue weighted by Crippen LogP contribution is -2.49. The van der Waals surface area contributed by atoms with Gasteiger partial charge in [-0.25, -0.2) is 12.8 Å². The molecule has 25 heavy (non-hydrogen) atoms. The molecule has 1 atom stereocenters. The molecule has 2 rings (SSSR count). The molecule has 1 amide bonds. The highest BCUT2D eigenvalue weighted by molar-refractivity contribution is 7.89. The maximum Gasteiger partial charge on any atom is 0.237 e. The number of anilines is 1. The zero-order valence-corrected chi connectivity index (χ0v) is 15.7. The number of sulfonamides is 1. The molecule has 0 spiro atoms. The summed E-state index contributed by atoms with van der Waals surface area (Å²) in [7, 11) is -3.35. The standard InChI is InChI=1S/C16H23ClFN3O3S/c1-13(17)16(22)19-7-2-12-25(23,24)21-10-8-20(9-11-21)15-5-3-14(18)4-6-15/h3-6,13H,2,7-12H2,1H3,(H,19,22). The zero-order chi connectivity index (χ0) is 18.4. The number of carbonyl (C=O) groups is 1. The molecule has 1 N–H and O–H groups in total. The molecular formula is C16H23ClFN3O3S. The van der Waals surface area contributed by atoms with E-state index in [9.17, 15) is 17.6 Å². The summed E-state index contributed by atoms with van der Waals surface area (Å²) in [6, 6.07) is 6.18. The quantitative estimate of drug-likeness (QED) is 0.563. The second-order valence-electron chi connectivity index (χ2n) is 5.94. The first-order valence-electron chi connectivity index (χ1n) is 8.20. The van der Waals surface area contributed by atoms with Gasteiger partial charge in [0.25, 0.3) is 0 Å². The first kappa shape index (κ1) is 19.9. The fraction of sp³-hybridized carbons (Fsp3) is 0.562. The maximum atomic E-state index is 13.0. The van der Waals surface area contributed by atoms with Gasteiger partial charge in [0.2, 0.25) is 15.9 Å². The predicted octanol–water partition coefficient (Wildman–Crippen LogP) is 1.41. The largest absolute Gasteiger partial charge is 0.369 e. The summed E-state index contributed by atoms with van der Waals surface area (Å²) in [4.78, 5) is 13.4. The third-order valence-electron chi connectivity index (χ3n) is 4.06. The van der Waals surface area contributed by atoms with Crippen molar-refractivity contribution in [3.63, 3.8) is 0 Å². The van der Waals surface area contributed by atoms with Crippen LogP contribution in [-0.4, -0.2) is 62.5 Å². The van der Waals surface area contributed by atoms with E-state index in [4.69, 9.17) is 11.6 Å².